The second-order valence-corrected chi connectivity index (χ2v) is 8.54. The normalized spacial score (nSPS) is 11.9. The summed E-state index contributed by atoms with van der Waals surface area (Å²) >= 11 is 5.98. The van der Waals surface area contributed by atoms with Gasteiger partial charge in [-0.1, -0.05) is 41.9 Å². The average Bonchev–Trinajstić information content (AvgIpc) is 3.15. The number of hydrogen-bond donors (Lipinski definition) is 2. The van der Waals surface area contributed by atoms with Crippen LogP contribution >= 0.6 is 11.6 Å². The molecule has 0 radical (unpaired) electrons. The quantitative estimate of drug-likeness (QED) is 0.461. The molecule has 2 aromatic carbocycles. The number of carbonyl (C=O) groups excluding carboxylic acids is 1. The van der Waals surface area contributed by atoms with Gasteiger partial charge in [-0.3, -0.25) is 4.21 Å². The molecule has 0 bridgehead atoms. The van der Waals surface area contributed by atoms with Gasteiger partial charge in [-0.15, -0.1) is 0 Å². The van der Waals surface area contributed by atoms with Crippen molar-refractivity contribution in [2.75, 3.05) is 5.32 Å². The van der Waals surface area contributed by atoms with Crippen LogP contribution in [0.2, 0.25) is 5.02 Å². The summed E-state index contributed by atoms with van der Waals surface area (Å²) in [6.07, 6.45) is 3.58. The molecule has 2 N–H and O–H groups in total. The van der Waals surface area contributed by atoms with Crippen LogP contribution in [0.4, 0.5) is 10.5 Å². The fourth-order valence-corrected chi connectivity index (χ4v) is 4.27. The minimum Gasteiger partial charge on any atom is -0.332 e. The molecule has 1 unspecified atom stereocenters. The number of fused-ring (bicyclic) bond motifs is 1. The first kappa shape index (κ1) is 20.1. The molecule has 2 amide bonds. The molecular formula is C22H19ClN4O2S. The van der Waals surface area contributed by atoms with E-state index < -0.39 is 10.8 Å². The number of benzene rings is 2. The molecule has 4 aromatic rings. The summed E-state index contributed by atoms with van der Waals surface area (Å²) in [5, 5.41) is 6.21. The van der Waals surface area contributed by atoms with Crippen LogP contribution in [-0.2, 0) is 23.1 Å². The van der Waals surface area contributed by atoms with Crippen molar-refractivity contribution < 1.29 is 9.00 Å². The Kier molecular flexibility index (Phi) is 6.11. The number of nitrogens with zero attached hydrogens (tertiary/aromatic N) is 2. The summed E-state index contributed by atoms with van der Waals surface area (Å²) in [6.45, 7) is 0.281. The lowest BCUT2D eigenvalue weighted by Gasteiger charge is -2.08. The van der Waals surface area contributed by atoms with Crippen molar-refractivity contribution in [2.45, 2.75) is 17.2 Å². The number of amides is 2. The number of rotatable bonds is 6. The number of carbonyl (C=O) groups is 1. The highest BCUT2D eigenvalue weighted by atomic mass is 35.5. The van der Waals surface area contributed by atoms with Crippen molar-refractivity contribution in [1.29, 1.82) is 0 Å². The lowest BCUT2D eigenvalue weighted by atomic mass is 10.2. The average molecular weight is 439 g/mol. The number of hydrogen-bond acceptors (Lipinski definition) is 3. The first-order valence-electron chi connectivity index (χ1n) is 9.27. The van der Waals surface area contributed by atoms with Gasteiger partial charge in [0.1, 0.15) is 5.65 Å². The van der Waals surface area contributed by atoms with Crippen molar-refractivity contribution in [3.8, 4) is 0 Å². The van der Waals surface area contributed by atoms with Crippen LogP contribution in [-0.4, -0.2) is 19.6 Å². The molecule has 4 rings (SSSR count). The number of halogens is 1. The van der Waals surface area contributed by atoms with Gasteiger partial charge in [0.2, 0.25) is 0 Å². The Hall–Kier alpha value is -3.16. The van der Waals surface area contributed by atoms with Crippen LogP contribution in [0.1, 0.15) is 11.3 Å². The van der Waals surface area contributed by atoms with Gasteiger partial charge in [0.15, 0.2) is 0 Å². The van der Waals surface area contributed by atoms with E-state index in [0.29, 0.717) is 16.5 Å². The van der Waals surface area contributed by atoms with Gasteiger partial charge in [0, 0.05) is 23.0 Å². The molecule has 6 nitrogen and oxygen atoms in total. The Balaban J connectivity index is 1.35. The lowest BCUT2D eigenvalue weighted by molar-refractivity contribution is 0.251. The largest absolute Gasteiger partial charge is 0.332 e. The van der Waals surface area contributed by atoms with E-state index in [4.69, 9.17) is 11.6 Å². The molecule has 30 heavy (non-hydrogen) atoms. The van der Waals surface area contributed by atoms with Crippen molar-refractivity contribution in [3.63, 3.8) is 0 Å². The van der Waals surface area contributed by atoms with E-state index in [0.717, 1.165) is 21.8 Å². The van der Waals surface area contributed by atoms with Gasteiger partial charge in [-0.25, -0.2) is 9.78 Å². The van der Waals surface area contributed by atoms with E-state index in [1.165, 1.54) is 0 Å². The molecule has 8 heteroatoms. The minimum absolute atomic E-state index is 0.281. The van der Waals surface area contributed by atoms with Crippen LogP contribution in [0.3, 0.4) is 0 Å². The Morgan fingerprint density at radius 3 is 2.70 bits per heavy atom. The number of imidazole rings is 1. The second-order valence-electron chi connectivity index (χ2n) is 6.66. The molecule has 0 aliphatic rings. The Morgan fingerprint density at radius 2 is 1.87 bits per heavy atom. The molecule has 1 atom stereocenters. The Bertz CT molecular complexity index is 1210. The maximum absolute atomic E-state index is 12.5. The van der Waals surface area contributed by atoms with Gasteiger partial charge in [0.05, 0.1) is 33.8 Å². The van der Waals surface area contributed by atoms with E-state index in [9.17, 15) is 9.00 Å². The maximum atomic E-state index is 12.5. The minimum atomic E-state index is -1.14. The third-order valence-electron chi connectivity index (χ3n) is 4.38. The van der Waals surface area contributed by atoms with E-state index in [-0.39, 0.29) is 12.6 Å². The van der Waals surface area contributed by atoms with E-state index in [2.05, 4.69) is 15.6 Å². The van der Waals surface area contributed by atoms with E-state index in [1.54, 1.807) is 18.3 Å². The smallest absolute Gasteiger partial charge is 0.319 e. The van der Waals surface area contributed by atoms with Gasteiger partial charge in [0.25, 0.3) is 0 Å². The van der Waals surface area contributed by atoms with Gasteiger partial charge < -0.3 is 15.0 Å². The number of anilines is 1. The van der Waals surface area contributed by atoms with Crippen LogP contribution in [0.15, 0.2) is 84.0 Å². The molecule has 0 saturated carbocycles. The fourth-order valence-electron chi connectivity index (χ4n) is 2.99. The molecule has 0 aliphatic carbocycles. The van der Waals surface area contributed by atoms with Crippen LogP contribution < -0.4 is 10.6 Å². The predicted octanol–water partition coefficient (Wildman–Crippen LogP) is 4.62. The number of aromatic nitrogens is 2. The monoisotopic (exact) mass is 438 g/mol. The molecule has 2 aromatic heterocycles. The van der Waals surface area contributed by atoms with Crippen molar-refractivity contribution >= 4 is 39.8 Å². The highest BCUT2D eigenvalue weighted by molar-refractivity contribution is 7.84. The molecule has 0 fully saturated rings. The highest BCUT2D eigenvalue weighted by Crippen LogP contribution is 2.16. The summed E-state index contributed by atoms with van der Waals surface area (Å²) in [6, 6.07) is 19.9. The Labute approximate surface area is 181 Å². The first-order chi connectivity index (χ1) is 14.6. The zero-order valence-electron chi connectivity index (χ0n) is 15.9. The number of nitrogens with one attached hydrogen (secondary N) is 2. The van der Waals surface area contributed by atoms with Crippen LogP contribution in [0, 0.1) is 0 Å². The van der Waals surface area contributed by atoms with Crippen molar-refractivity contribution in [2.24, 2.45) is 0 Å². The van der Waals surface area contributed by atoms with Crippen molar-refractivity contribution in [1.82, 2.24) is 14.7 Å². The second kappa shape index (κ2) is 9.11. The highest BCUT2D eigenvalue weighted by Gasteiger charge is 2.08. The fraction of sp³-hybridized carbons (Fsp3) is 0.0909. The third-order valence-corrected chi connectivity index (χ3v) is 6.00. The van der Waals surface area contributed by atoms with Crippen LogP contribution in [0.5, 0.6) is 0 Å². The molecule has 152 valence electrons. The molecule has 0 spiro atoms. The van der Waals surface area contributed by atoms with E-state index in [1.807, 2.05) is 65.2 Å². The topological polar surface area (TPSA) is 75.5 Å². The first-order valence-corrected chi connectivity index (χ1v) is 11.0. The zero-order chi connectivity index (χ0) is 20.9. The molecular weight excluding hydrogens is 420 g/mol. The summed E-state index contributed by atoms with van der Waals surface area (Å²) < 4.78 is 14.3. The summed E-state index contributed by atoms with van der Waals surface area (Å²) in [4.78, 5) is 17.5. The molecule has 0 aliphatic heterocycles. The Morgan fingerprint density at radius 1 is 1.03 bits per heavy atom. The molecule has 2 heterocycles. The number of pyridine rings is 1. The molecule has 0 saturated heterocycles. The zero-order valence-corrected chi connectivity index (χ0v) is 17.5. The predicted molar refractivity (Wildman–Crippen MR) is 119 cm³/mol. The van der Waals surface area contributed by atoms with E-state index >= 15 is 0 Å². The standard InChI is InChI=1S/C22H19ClN4O2S/c23-17-9-10-21-25-19(14-27(21)13-17)12-24-22(28)26-18-6-4-5-16(11-18)15-30(29)20-7-2-1-3-8-20/h1-11,13-14H,12,15H2,(H2,24,26,28). The van der Waals surface area contributed by atoms with Crippen molar-refractivity contribution in [3.05, 3.63) is 95.4 Å². The number of urea groups is 1. The summed E-state index contributed by atoms with van der Waals surface area (Å²) in [5.74, 6) is 0.380. The van der Waals surface area contributed by atoms with Gasteiger partial charge in [-0.2, -0.15) is 0 Å². The van der Waals surface area contributed by atoms with Gasteiger partial charge >= 0.3 is 6.03 Å². The summed E-state index contributed by atoms with van der Waals surface area (Å²) in [5.41, 5.74) is 3.00. The lowest BCUT2D eigenvalue weighted by Crippen LogP contribution is -2.28. The van der Waals surface area contributed by atoms with Crippen LogP contribution in [0.25, 0.3) is 5.65 Å². The SMILES string of the molecule is O=C(NCc1cn2cc(Cl)ccc2n1)Nc1cccc(CS(=O)c2ccccc2)c1. The third kappa shape index (κ3) is 5.06. The summed E-state index contributed by atoms with van der Waals surface area (Å²) in [7, 11) is -1.14. The van der Waals surface area contributed by atoms with Gasteiger partial charge in [-0.05, 0) is 42.0 Å². The maximum Gasteiger partial charge on any atom is 0.319 e.